The highest BCUT2D eigenvalue weighted by atomic mass is 32.2. The van der Waals surface area contributed by atoms with Crippen molar-refractivity contribution in [3.05, 3.63) is 5.82 Å². The Morgan fingerprint density at radius 2 is 2.06 bits per heavy atom. The third kappa shape index (κ3) is 3.46. The molecule has 0 aromatic carbocycles. The normalized spacial score (nSPS) is 11.5. The summed E-state index contributed by atoms with van der Waals surface area (Å²) >= 11 is 1.07. The predicted molar refractivity (Wildman–Crippen MR) is 66.3 cm³/mol. The van der Waals surface area contributed by atoms with E-state index in [0.29, 0.717) is 11.0 Å². The molecule has 0 saturated heterocycles. The maximum Gasteiger partial charge on any atom is 0.313 e. The average molecular weight is 272 g/mol. The first-order chi connectivity index (χ1) is 8.24. The van der Waals surface area contributed by atoms with Crippen LogP contribution < -0.4 is 5.73 Å². The number of thioether (sulfide) groups is 1. The molecule has 8 heteroatoms. The second-order valence-electron chi connectivity index (χ2n) is 4.50. The number of carbonyl (C=O) groups excluding carboxylic acids is 1. The monoisotopic (exact) mass is 272 g/mol. The van der Waals surface area contributed by atoms with E-state index in [1.165, 1.54) is 0 Å². The van der Waals surface area contributed by atoms with E-state index >= 15 is 0 Å². The number of rotatable bonds is 6. The number of hydrogen-bond acceptors (Lipinski definition) is 5. The van der Waals surface area contributed by atoms with Crippen LogP contribution >= 0.6 is 11.8 Å². The zero-order chi connectivity index (χ0) is 13.9. The number of aromatic nitrogens is 3. The van der Waals surface area contributed by atoms with Gasteiger partial charge < -0.3 is 15.4 Å². The van der Waals surface area contributed by atoms with Gasteiger partial charge in [-0.05, 0) is 20.8 Å². The van der Waals surface area contributed by atoms with Crippen LogP contribution in [-0.4, -0.2) is 37.5 Å². The Balaban J connectivity index is 3.02. The molecular formula is C10H16N4O3S. The van der Waals surface area contributed by atoms with Gasteiger partial charge in [-0.3, -0.25) is 9.59 Å². The minimum atomic E-state index is -0.931. The van der Waals surface area contributed by atoms with E-state index in [-0.39, 0.29) is 12.2 Å². The number of carboxylic acids is 1. The fraction of sp³-hybridized carbons (Fsp3) is 0.600. The molecule has 0 atom stereocenters. The number of primary amides is 1. The van der Waals surface area contributed by atoms with Crippen LogP contribution in [0.5, 0.6) is 0 Å². The lowest BCUT2D eigenvalue weighted by atomic mass is 10.00. The van der Waals surface area contributed by atoms with Crippen LogP contribution in [0.3, 0.4) is 0 Å². The van der Waals surface area contributed by atoms with Crippen LogP contribution in [0.25, 0.3) is 0 Å². The van der Waals surface area contributed by atoms with Crippen LogP contribution in [0.4, 0.5) is 0 Å². The third-order valence-corrected chi connectivity index (χ3v) is 3.25. The van der Waals surface area contributed by atoms with Gasteiger partial charge in [0.05, 0.1) is 11.3 Å². The van der Waals surface area contributed by atoms with E-state index in [9.17, 15) is 9.59 Å². The molecule has 1 aromatic heterocycles. The minimum Gasteiger partial charge on any atom is -0.481 e. The highest BCUT2D eigenvalue weighted by molar-refractivity contribution is 7.99. The lowest BCUT2D eigenvalue weighted by molar-refractivity contribution is -0.134. The van der Waals surface area contributed by atoms with Crippen LogP contribution in [0.15, 0.2) is 5.16 Å². The van der Waals surface area contributed by atoms with Crippen molar-refractivity contribution in [3.63, 3.8) is 0 Å². The third-order valence-electron chi connectivity index (χ3n) is 2.33. The number of aryl methyl sites for hydroxylation is 1. The van der Waals surface area contributed by atoms with E-state index < -0.39 is 17.4 Å². The summed E-state index contributed by atoms with van der Waals surface area (Å²) in [6.07, 6.45) is 0.131. The summed E-state index contributed by atoms with van der Waals surface area (Å²) in [5.41, 5.74) is 4.63. The molecular weight excluding hydrogens is 256 g/mol. The Morgan fingerprint density at radius 1 is 1.44 bits per heavy atom. The maximum atomic E-state index is 11.1. The summed E-state index contributed by atoms with van der Waals surface area (Å²) < 4.78 is 1.74. The first-order valence-corrected chi connectivity index (χ1v) is 6.28. The van der Waals surface area contributed by atoms with Crippen LogP contribution in [0, 0.1) is 6.92 Å². The summed E-state index contributed by atoms with van der Waals surface area (Å²) in [7, 11) is 0. The second-order valence-corrected chi connectivity index (χ2v) is 5.45. The van der Waals surface area contributed by atoms with Crippen molar-refractivity contribution < 1.29 is 14.7 Å². The molecule has 0 bridgehead atoms. The summed E-state index contributed by atoms with van der Waals surface area (Å²) in [5, 5.41) is 17.0. The molecule has 0 saturated carbocycles. The Hall–Kier alpha value is -1.57. The predicted octanol–water partition coefficient (Wildman–Crippen LogP) is 0.374. The van der Waals surface area contributed by atoms with Crippen molar-refractivity contribution in [1.82, 2.24) is 14.8 Å². The first-order valence-electron chi connectivity index (χ1n) is 5.29. The maximum absolute atomic E-state index is 11.1. The van der Waals surface area contributed by atoms with E-state index in [1.807, 2.05) is 13.8 Å². The number of carbonyl (C=O) groups is 2. The summed E-state index contributed by atoms with van der Waals surface area (Å²) in [4.78, 5) is 21.6. The van der Waals surface area contributed by atoms with E-state index in [0.717, 1.165) is 11.8 Å². The molecule has 1 heterocycles. The lowest BCUT2D eigenvalue weighted by Crippen LogP contribution is -2.33. The number of hydrogen-bond donors (Lipinski definition) is 2. The lowest BCUT2D eigenvalue weighted by Gasteiger charge is -2.27. The zero-order valence-corrected chi connectivity index (χ0v) is 11.3. The van der Waals surface area contributed by atoms with Crippen molar-refractivity contribution >= 4 is 23.6 Å². The fourth-order valence-electron chi connectivity index (χ4n) is 1.77. The van der Waals surface area contributed by atoms with Gasteiger partial charge in [0.25, 0.3) is 0 Å². The van der Waals surface area contributed by atoms with Crippen LogP contribution in [0.2, 0.25) is 0 Å². The highest BCUT2D eigenvalue weighted by Gasteiger charge is 2.28. The largest absolute Gasteiger partial charge is 0.481 e. The summed E-state index contributed by atoms with van der Waals surface area (Å²) in [5.74, 6) is -0.846. The number of carboxylic acid groups (broad SMARTS) is 1. The number of amides is 1. The van der Waals surface area contributed by atoms with Crippen molar-refractivity contribution in [2.75, 3.05) is 5.75 Å². The molecule has 1 rings (SSSR count). The molecule has 1 aromatic rings. The van der Waals surface area contributed by atoms with Crippen molar-refractivity contribution in [2.45, 2.75) is 37.9 Å². The van der Waals surface area contributed by atoms with Gasteiger partial charge >= 0.3 is 5.97 Å². The van der Waals surface area contributed by atoms with Gasteiger partial charge in [0.2, 0.25) is 5.91 Å². The molecule has 100 valence electrons. The molecule has 0 spiro atoms. The Kier molecular flexibility index (Phi) is 4.33. The molecule has 3 N–H and O–H groups in total. The molecule has 7 nitrogen and oxygen atoms in total. The van der Waals surface area contributed by atoms with Gasteiger partial charge in [0, 0.05) is 6.42 Å². The van der Waals surface area contributed by atoms with Gasteiger partial charge in [-0.15, -0.1) is 10.2 Å². The molecule has 18 heavy (non-hydrogen) atoms. The van der Waals surface area contributed by atoms with Gasteiger partial charge in [-0.1, -0.05) is 11.8 Å². The average Bonchev–Trinajstić information content (AvgIpc) is 2.55. The molecule has 0 aliphatic carbocycles. The first kappa shape index (κ1) is 14.5. The molecule has 0 aliphatic heterocycles. The van der Waals surface area contributed by atoms with Gasteiger partial charge in [0.15, 0.2) is 5.16 Å². The van der Waals surface area contributed by atoms with Crippen molar-refractivity contribution in [2.24, 2.45) is 5.73 Å². The van der Waals surface area contributed by atoms with E-state index in [1.54, 1.807) is 11.5 Å². The second kappa shape index (κ2) is 5.38. The Bertz CT molecular complexity index is 470. The zero-order valence-electron chi connectivity index (χ0n) is 10.5. The van der Waals surface area contributed by atoms with E-state index in [4.69, 9.17) is 10.8 Å². The smallest absolute Gasteiger partial charge is 0.313 e. The van der Waals surface area contributed by atoms with Crippen molar-refractivity contribution in [1.29, 1.82) is 0 Å². The molecule has 0 unspecified atom stereocenters. The molecule has 1 amide bonds. The van der Waals surface area contributed by atoms with Crippen LogP contribution in [0.1, 0.15) is 26.1 Å². The van der Waals surface area contributed by atoms with Gasteiger partial charge in [-0.25, -0.2) is 0 Å². The number of nitrogens with zero attached hydrogens (tertiary/aromatic N) is 3. The van der Waals surface area contributed by atoms with Crippen LogP contribution in [-0.2, 0) is 15.1 Å². The summed E-state index contributed by atoms with van der Waals surface area (Å²) in [6.45, 7) is 5.42. The quantitative estimate of drug-likeness (QED) is 0.724. The Labute approximate surface area is 109 Å². The van der Waals surface area contributed by atoms with Gasteiger partial charge in [-0.2, -0.15) is 0 Å². The number of nitrogens with two attached hydrogens (primary N) is 1. The Morgan fingerprint density at radius 3 is 2.56 bits per heavy atom. The van der Waals surface area contributed by atoms with Crippen molar-refractivity contribution in [3.8, 4) is 0 Å². The highest BCUT2D eigenvalue weighted by Crippen LogP contribution is 2.27. The SMILES string of the molecule is Cc1nnc(SCC(=O)O)n1C(C)(C)CC(N)=O. The fourth-order valence-corrected chi connectivity index (χ4v) is 2.62. The topological polar surface area (TPSA) is 111 Å². The minimum absolute atomic E-state index is 0.106. The summed E-state index contributed by atoms with van der Waals surface area (Å²) in [6, 6.07) is 0. The molecule has 0 radical (unpaired) electrons. The molecule has 0 fully saturated rings. The molecule has 0 aliphatic rings. The number of aliphatic carboxylic acids is 1. The standard InChI is InChI=1S/C10H16N4O3S/c1-6-12-13-9(18-5-8(16)17)14(6)10(2,3)4-7(11)15/h4-5H2,1-3H3,(H2,11,15)(H,16,17). The van der Waals surface area contributed by atoms with Gasteiger partial charge in [0.1, 0.15) is 5.82 Å². The van der Waals surface area contributed by atoms with E-state index in [2.05, 4.69) is 10.2 Å².